The maximum atomic E-state index is 14.1. The molecular formula is C37H68N2O13. The van der Waals surface area contributed by atoms with Crippen LogP contribution in [0.4, 0.5) is 0 Å². The molecule has 3 rings (SSSR count). The first-order valence-electron chi connectivity index (χ1n) is 18.7. The second-order valence-corrected chi connectivity index (χ2v) is 16.6. The SMILES string of the molecule is CC[C@H]1OC(=O)[C@H](C)[C@@H](O[C@H]2C[C@@](C)(OC)[C@@H](O)[C@H](C)O2)[C@H](C)[C@@H](O[C@@H]2O[C@H](C)C[C@H](N(C)C)[C@H]2O)[C@@](C)(O)C[C@@H](C)/C(=N\O)[C@@H](C)[C@@H](O)[C@]1(C)O. The summed E-state index contributed by atoms with van der Waals surface area (Å²) < 4.78 is 37.2. The van der Waals surface area contributed by atoms with Crippen molar-refractivity contribution in [3.05, 3.63) is 0 Å². The quantitative estimate of drug-likeness (QED) is 0.125. The standard InChI is InChI=1S/C37H68N2O13/c1-14-25-37(10,45)30(41)20(4)27(38-46)18(2)16-35(8,44)32(52-34-28(40)24(39(11)12)15-19(3)48-34)21(5)29(22(6)33(43)50-25)51-26-17-36(9,47-13)31(42)23(7)49-26/h18-26,28-32,34,40-42,44-46H,14-17H2,1-13H3/b38-27+/t18-,19-,20-,21+,22-,23+,24+,25-,26+,28-,29+,30-,31+,32-,34+,35+,36-,37-/m1/s1. The number of hydrogen-bond acceptors (Lipinski definition) is 15. The normalized spacial score (nSPS) is 49.8. The van der Waals surface area contributed by atoms with Crippen LogP contribution in [0, 0.1) is 23.7 Å². The maximum Gasteiger partial charge on any atom is 0.311 e. The second-order valence-electron chi connectivity index (χ2n) is 16.6. The molecule has 15 nitrogen and oxygen atoms in total. The molecule has 304 valence electrons. The fourth-order valence-corrected chi connectivity index (χ4v) is 8.61. The van der Waals surface area contributed by atoms with E-state index in [2.05, 4.69) is 5.16 Å². The van der Waals surface area contributed by atoms with Crippen molar-refractivity contribution in [3.63, 3.8) is 0 Å². The lowest BCUT2D eigenvalue weighted by molar-refractivity contribution is -0.317. The molecule has 0 radical (unpaired) electrons. The third-order valence-electron chi connectivity index (χ3n) is 12.0. The number of nitrogens with zero attached hydrogens (tertiary/aromatic N) is 2. The van der Waals surface area contributed by atoms with Crippen LogP contribution in [0.15, 0.2) is 5.16 Å². The third kappa shape index (κ3) is 9.47. The van der Waals surface area contributed by atoms with Gasteiger partial charge >= 0.3 is 5.97 Å². The van der Waals surface area contributed by atoms with Crippen LogP contribution in [0.25, 0.3) is 0 Å². The highest BCUT2D eigenvalue weighted by Crippen LogP contribution is 2.41. The number of oxime groups is 1. The molecule has 0 aromatic rings. The van der Waals surface area contributed by atoms with E-state index in [1.54, 1.807) is 55.4 Å². The van der Waals surface area contributed by atoms with E-state index in [1.165, 1.54) is 14.0 Å². The molecule has 3 fully saturated rings. The van der Waals surface area contributed by atoms with Gasteiger partial charge in [-0.25, -0.2) is 0 Å². The number of aliphatic hydroxyl groups is 5. The zero-order valence-electron chi connectivity index (χ0n) is 33.4. The average Bonchev–Trinajstić information content (AvgIpc) is 3.06. The summed E-state index contributed by atoms with van der Waals surface area (Å²) in [6.07, 6.45) is -9.51. The Labute approximate surface area is 309 Å². The summed E-state index contributed by atoms with van der Waals surface area (Å²) in [5.74, 6) is -4.24. The lowest BCUT2D eigenvalue weighted by Gasteiger charge is -2.49. The molecule has 0 unspecified atom stereocenters. The Morgan fingerprint density at radius 1 is 0.923 bits per heavy atom. The Bertz CT molecular complexity index is 1200. The van der Waals surface area contributed by atoms with Crippen molar-refractivity contribution >= 4 is 11.7 Å². The molecule has 0 amide bonds. The number of aliphatic hydroxyl groups excluding tert-OH is 3. The van der Waals surface area contributed by atoms with Crippen molar-refractivity contribution in [2.45, 2.75) is 179 Å². The highest BCUT2D eigenvalue weighted by molar-refractivity contribution is 5.88. The Kier molecular flexibility index (Phi) is 15.1. The summed E-state index contributed by atoms with van der Waals surface area (Å²) in [7, 11) is 5.19. The van der Waals surface area contributed by atoms with Crippen molar-refractivity contribution < 1.29 is 64.0 Å². The summed E-state index contributed by atoms with van der Waals surface area (Å²) in [6.45, 7) is 16.6. The van der Waals surface area contributed by atoms with Gasteiger partial charge in [-0.2, -0.15) is 0 Å². The van der Waals surface area contributed by atoms with Crippen LogP contribution in [0.2, 0.25) is 0 Å². The van der Waals surface area contributed by atoms with E-state index in [0.717, 1.165) is 0 Å². The van der Waals surface area contributed by atoms with Gasteiger partial charge in [0.25, 0.3) is 0 Å². The Morgan fingerprint density at radius 3 is 2.08 bits per heavy atom. The monoisotopic (exact) mass is 748 g/mol. The van der Waals surface area contributed by atoms with Gasteiger partial charge in [0, 0.05) is 37.3 Å². The zero-order chi connectivity index (χ0) is 39.7. The molecule has 15 heteroatoms. The number of carbonyl (C=O) groups is 1. The Balaban J connectivity index is 2.21. The van der Waals surface area contributed by atoms with E-state index in [9.17, 15) is 35.5 Å². The number of esters is 1. The van der Waals surface area contributed by atoms with Crippen molar-refractivity contribution in [1.29, 1.82) is 0 Å². The second kappa shape index (κ2) is 17.5. The lowest BCUT2D eigenvalue weighted by Crippen LogP contribution is -2.61. The van der Waals surface area contributed by atoms with Crippen LogP contribution in [0.5, 0.6) is 0 Å². The van der Waals surface area contributed by atoms with E-state index >= 15 is 0 Å². The number of carbonyl (C=O) groups excluding carboxylic acids is 1. The van der Waals surface area contributed by atoms with Crippen LogP contribution >= 0.6 is 0 Å². The summed E-state index contributed by atoms with van der Waals surface area (Å²) in [5, 5.41) is 71.8. The van der Waals surface area contributed by atoms with Crippen LogP contribution < -0.4 is 0 Å². The molecule has 3 aliphatic heterocycles. The minimum Gasteiger partial charge on any atom is -0.459 e. The molecule has 0 spiro atoms. The fraction of sp³-hybridized carbons (Fsp3) is 0.946. The van der Waals surface area contributed by atoms with Gasteiger partial charge in [-0.15, -0.1) is 0 Å². The fourth-order valence-electron chi connectivity index (χ4n) is 8.61. The summed E-state index contributed by atoms with van der Waals surface area (Å²) >= 11 is 0. The first-order chi connectivity index (χ1) is 24.0. The predicted molar refractivity (Wildman–Crippen MR) is 190 cm³/mol. The van der Waals surface area contributed by atoms with Crippen LogP contribution in [-0.4, -0.2) is 153 Å². The third-order valence-corrected chi connectivity index (χ3v) is 12.0. The largest absolute Gasteiger partial charge is 0.459 e. The number of rotatable bonds is 7. The molecule has 3 saturated heterocycles. The molecule has 0 bridgehead atoms. The number of hydrogen-bond donors (Lipinski definition) is 6. The van der Waals surface area contributed by atoms with Crippen LogP contribution in [-0.2, 0) is 33.2 Å². The van der Waals surface area contributed by atoms with E-state index < -0.39 is 102 Å². The molecule has 18 atom stereocenters. The minimum atomic E-state index is -1.97. The van der Waals surface area contributed by atoms with E-state index in [4.69, 9.17) is 28.4 Å². The highest BCUT2D eigenvalue weighted by atomic mass is 16.7. The molecule has 0 aliphatic carbocycles. The van der Waals surface area contributed by atoms with Crippen molar-refractivity contribution in [3.8, 4) is 0 Å². The molecule has 52 heavy (non-hydrogen) atoms. The van der Waals surface area contributed by atoms with E-state index in [1.807, 2.05) is 25.9 Å². The van der Waals surface area contributed by atoms with E-state index in [-0.39, 0.29) is 37.1 Å². The first-order valence-corrected chi connectivity index (χ1v) is 18.7. The Morgan fingerprint density at radius 2 is 1.54 bits per heavy atom. The van der Waals surface area contributed by atoms with Crippen molar-refractivity contribution in [2.75, 3.05) is 21.2 Å². The minimum absolute atomic E-state index is 0.0657. The molecular weight excluding hydrogens is 680 g/mol. The van der Waals surface area contributed by atoms with Gasteiger partial charge in [0.1, 0.15) is 23.9 Å². The Hall–Kier alpha value is -1.50. The number of likely N-dealkylation sites (N-methyl/N-ethyl adjacent to an activating group) is 1. The first kappa shape index (κ1) is 44.9. The highest BCUT2D eigenvalue weighted by Gasteiger charge is 2.53. The smallest absolute Gasteiger partial charge is 0.311 e. The van der Waals surface area contributed by atoms with Gasteiger partial charge in [-0.3, -0.25) is 4.79 Å². The average molecular weight is 749 g/mol. The van der Waals surface area contributed by atoms with Gasteiger partial charge in [0.05, 0.1) is 53.4 Å². The van der Waals surface area contributed by atoms with Gasteiger partial charge in [0.2, 0.25) is 0 Å². The maximum absolute atomic E-state index is 14.1. The molecule has 0 saturated carbocycles. The van der Waals surface area contributed by atoms with Crippen molar-refractivity contribution in [2.24, 2.45) is 28.8 Å². The molecule has 6 N–H and O–H groups in total. The van der Waals surface area contributed by atoms with Gasteiger partial charge in [-0.05, 0) is 74.9 Å². The van der Waals surface area contributed by atoms with Gasteiger partial charge in [0.15, 0.2) is 12.6 Å². The van der Waals surface area contributed by atoms with Gasteiger partial charge in [-0.1, -0.05) is 32.9 Å². The molecule has 3 heterocycles. The number of methoxy groups -OCH3 is 1. The molecule has 3 aliphatic rings. The topological polar surface area (TPSA) is 209 Å². The summed E-state index contributed by atoms with van der Waals surface area (Å²) in [4.78, 5) is 16.0. The van der Waals surface area contributed by atoms with Crippen LogP contribution in [0.1, 0.15) is 94.9 Å². The van der Waals surface area contributed by atoms with Crippen LogP contribution in [0.3, 0.4) is 0 Å². The number of ether oxygens (including phenoxy) is 6. The summed E-state index contributed by atoms with van der Waals surface area (Å²) in [5.41, 5.74) is -4.68. The number of cyclic esters (lactones) is 1. The predicted octanol–water partition coefficient (Wildman–Crippen LogP) is 2.05. The molecule has 0 aromatic carbocycles. The van der Waals surface area contributed by atoms with E-state index in [0.29, 0.717) is 6.42 Å². The van der Waals surface area contributed by atoms with Gasteiger partial charge < -0.3 is 64.1 Å². The zero-order valence-corrected chi connectivity index (χ0v) is 33.4. The summed E-state index contributed by atoms with van der Waals surface area (Å²) in [6, 6.07) is -0.322. The van der Waals surface area contributed by atoms with Crippen molar-refractivity contribution in [1.82, 2.24) is 4.90 Å². The lowest BCUT2D eigenvalue weighted by atomic mass is 9.73. The molecule has 0 aromatic heterocycles.